The van der Waals surface area contributed by atoms with Gasteiger partial charge < -0.3 is 29.5 Å². The fraction of sp³-hybridized carbons (Fsp3) is 1.00. The lowest BCUT2D eigenvalue weighted by Crippen LogP contribution is -2.21. The molecular weight excluding hydrogens is 381 g/mol. The third-order valence-corrected chi connectivity index (χ3v) is 5.07. The van der Waals surface area contributed by atoms with Crippen LogP contribution >= 0.6 is 7.82 Å². The highest BCUT2D eigenvalue weighted by Crippen LogP contribution is 2.38. The van der Waals surface area contributed by atoms with E-state index in [4.69, 9.17) is 19.3 Å². The zero-order valence-electron chi connectivity index (χ0n) is 18.2. The Kier molecular flexibility index (Phi) is 27.0. The van der Waals surface area contributed by atoms with E-state index in [1.165, 1.54) is 38.5 Å². The molecule has 0 aliphatic carbocycles. The Labute approximate surface area is 172 Å². The van der Waals surface area contributed by atoms with E-state index in [0.717, 1.165) is 38.5 Å². The molecular formula is C20H45NO6P-. The molecule has 0 amide bonds. The molecule has 0 aromatic heterocycles. The lowest BCUT2D eigenvalue weighted by atomic mass is 10.1. The van der Waals surface area contributed by atoms with E-state index in [2.05, 4.69) is 19.2 Å². The SMILES string of the molecule is CCCCCCCCOP(=O)([O-])OCCCCCCCC.OCCNCCO. The summed E-state index contributed by atoms with van der Waals surface area (Å²) in [5, 5.41) is 19.1. The summed E-state index contributed by atoms with van der Waals surface area (Å²) in [6.45, 7) is 6.28. The standard InChI is InChI=1S/C16H35O4P.C4H11NO2/c1-3-5-7-9-11-13-15-19-21(17,18)20-16-14-12-10-8-6-4-2;6-3-1-5-2-4-7/h3-16H2,1-2H3,(H,17,18);5-7H,1-4H2/p-1. The Morgan fingerprint density at radius 1 is 0.714 bits per heavy atom. The number of aliphatic hydroxyl groups excluding tert-OH is 2. The molecule has 7 nitrogen and oxygen atoms in total. The molecule has 0 bridgehead atoms. The smallest absolute Gasteiger partial charge is 0.267 e. The van der Waals surface area contributed by atoms with E-state index < -0.39 is 7.82 Å². The highest BCUT2D eigenvalue weighted by Gasteiger charge is 2.08. The zero-order chi connectivity index (χ0) is 21.3. The summed E-state index contributed by atoms with van der Waals surface area (Å²) in [5.41, 5.74) is 0. The predicted octanol–water partition coefficient (Wildman–Crippen LogP) is 3.77. The van der Waals surface area contributed by atoms with Crippen LogP contribution < -0.4 is 10.2 Å². The van der Waals surface area contributed by atoms with Crippen LogP contribution in [0.4, 0.5) is 0 Å². The van der Waals surface area contributed by atoms with Crippen molar-refractivity contribution >= 4 is 7.82 Å². The average Bonchev–Trinajstić information content (AvgIpc) is 2.67. The van der Waals surface area contributed by atoms with Crippen molar-refractivity contribution in [1.82, 2.24) is 5.32 Å². The van der Waals surface area contributed by atoms with Crippen LogP contribution in [0.5, 0.6) is 0 Å². The summed E-state index contributed by atoms with van der Waals surface area (Å²) >= 11 is 0. The van der Waals surface area contributed by atoms with Gasteiger partial charge in [-0.25, -0.2) is 0 Å². The van der Waals surface area contributed by atoms with Crippen LogP contribution in [0, 0.1) is 0 Å². The summed E-state index contributed by atoms with van der Waals surface area (Å²) in [7, 11) is -4.07. The molecule has 0 unspecified atom stereocenters. The third-order valence-electron chi connectivity index (χ3n) is 4.07. The number of rotatable bonds is 20. The molecule has 0 atom stereocenters. The second-order valence-corrected chi connectivity index (χ2v) is 8.26. The molecule has 0 heterocycles. The molecule has 0 aliphatic heterocycles. The van der Waals surface area contributed by atoms with Crippen molar-refractivity contribution < 1.29 is 28.7 Å². The van der Waals surface area contributed by atoms with Crippen LogP contribution in [0.2, 0.25) is 0 Å². The van der Waals surface area contributed by atoms with Gasteiger partial charge in [0.05, 0.1) is 26.4 Å². The monoisotopic (exact) mass is 426 g/mol. The maximum absolute atomic E-state index is 11.5. The number of hydrogen-bond donors (Lipinski definition) is 3. The van der Waals surface area contributed by atoms with Crippen molar-refractivity contribution in [2.75, 3.05) is 39.5 Å². The number of hydrogen-bond acceptors (Lipinski definition) is 7. The highest BCUT2D eigenvalue weighted by molar-refractivity contribution is 7.45. The quantitative estimate of drug-likeness (QED) is 0.201. The van der Waals surface area contributed by atoms with Gasteiger partial charge in [0.15, 0.2) is 0 Å². The lowest BCUT2D eigenvalue weighted by Gasteiger charge is -2.22. The first-order valence-electron chi connectivity index (χ1n) is 11.1. The van der Waals surface area contributed by atoms with Gasteiger partial charge in [0.2, 0.25) is 0 Å². The van der Waals surface area contributed by atoms with Crippen LogP contribution in [0.1, 0.15) is 90.9 Å². The molecule has 0 rings (SSSR count). The van der Waals surface area contributed by atoms with Crippen molar-refractivity contribution in [3.63, 3.8) is 0 Å². The molecule has 0 spiro atoms. The van der Waals surface area contributed by atoms with Crippen molar-refractivity contribution in [2.45, 2.75) is 90.9 Å². The molecule has 0 saturated heterocycles. The lowest BCUT2D eigenvalue weighted by molar-refractivity contribution is -0.225. The molecule has 0 aliphatic rings. The predicted molar refractivity (Wildman–Crippen MR) is 113 cm³/mol. The van der Waals surface area contributed by atoms with Crippen LogP contribution in [-0.4, -0.2) is 49.7 Å². The van der Waals surface area contributed by atoms with Crippen LogP contribution in [-0.2, 0) is 13.6 Å². The first-order chi connectivity index (χ1) is 13.5. The number of nitrogens with one attached hydrogen (secondary N) is 1. The fourth-order valence-corrected chi connectivity index (χ4v) is 3.22. The van der Waals surface area contributed by atoms with Crippen molar-refractivity contribution in [1.29, 1.82) is 0 Å². The second-order valence-electron chi connectivity index (χ2n) is 6.85. The van der Waals surface area contributed by atoms with Gasteiger partial charge in [-0.2, -0.15) is 0 Å². The van der Waals surface area contributed by atoms with Gasteiger partial charge in [-0.1, -0.05) is 78.1 Å². The summed E-state index contributed by atoms with van der Waals surface area (Å²) in [4.78, 5) is 11.5. The summed E-state index contributed by atoms with van der Waals surface area (Å²) in [6, 6.07) is 0. The van der Waals surface area contributed by atoms with Gasteiger partial charge in [0, 0.05) is 13.1 Å². The maximum atomic E-state index is 11.5. The average molecular weight is 427 g/mol. The molecule has 3 N–H and O–H groups in total. The third kappa shape index (κ3) is 28.2. The van der Waals surface area contributed by atoms with Gasteiger partial charge in [-0.05, 0) is 12.8 Å². The molecule has 0 saturated carbocycles. The maximum Gasteiger partial charge on any atom is 0.267 e. The van der Waals surface area contributed by atoms with E-state index in [1.54, 1.807) is 0 Å². The summed E-state index contributed by atoms with van der Waals surface area (Å²) in [5.74, 6) is 0. The van der Waals surface area contributed by atoms with Gasteiger partial charge in [-0.3, -0.25) is 4.57 Å². The van der Waals surface area contributed by atoms with E-state index in [1.807, 2.05) is 0 Å². The first-order valence-corrected chi connectivity index (χ1v) is 12.5. The van der Waals surface area contributed by atoms with Gasteiger partial charge in [-0.15, -0.1) is 0 Å². The van der Waals surface area contributed by atoms with Gasteiger partial charge >= 0.3 is 0 Å². The molecule has 28 heavy (non-hydrogen) atoms. The number of phosphoric acid groups is 1. The van der Waals surface area contributed by atoms with E-state index in [-0.39, 0.29) is 26.4 Å². The molecule has 0 aromatic rings. The number of unbranched alkanes of at least 4 members (excludes halogenated alkanes) is 10. The zero-order valence-corrected chi connectivity index (χ0v) is 19.1. The largest absolute Gasteiger partial charge is 0.756 e. The highest BCUT2D eigenvalue weighted by atomic mass is 31.2. The van der Waals surface area contributed by atoms with Crippen molar-refractivity contribution in [3.8, 4) is 0 Å². The Morgan fingerprint density at radius 2 is 1.07 bits per heavy atom. The molecule has 172 valence electrons. The first kappa shape index (κ1) is 30.2. The minimum Gasteiger partial charge on any atom is -0.756 e. The van der Waals surface area contributed by atoms with E-state index >= 15 is 0 Å². The minimum absolute atomic E-state index is 0.139. The molecule has 8 heteroatoms. The van der Waals surface area contributed by atoms with Gasteiger partial charge in [0.1, 0.15) is 0 Å². The van der Waals surface area contributed by atoms with E-state index in [0.29, 0.717) is 13.1 Å². The molecule has 0 radical (unpaired) electrons. The van der Waals surface area contributed by atoms with Crippen LogP contribution in [0.25, 0.3) is 0 Å². The Bertz CT molecular complexity index is 308. The van der Waals surface area contributed by atoms with Gasteiger partial charge in [0.25, 0.3) is 7.82 Å². The number of phosphoric ester groups is 1. The molecule has 0 fully saturated rings. The Balaban J connectivity index is 0. The van der Waals surface area contributed by atoms with Crippen molar-refractivity contribution in [3.05, 3.63) is 0 Å². The Hall–Kier alpha value is -0.0100. The number of aliphatic hydroxyl groups is 2. The normalized spacial score (nSPS) is 11.3. The van der Waals surface area contributed by atoms with Crippen LogP contribution in [0.15, 0.2) is 0 Å². The minimum atomic E-state index is -4.07. The topological polar surface area (TPSA) is 111 Å². The van der Waals surface area contributed by atoms with E-state index in [9.17, 15) is 9.46 Å². The molecule has 0 aromatic carbocycles. The summed E-state index contributed by atoms with van der Waals surface area (Å²) in [6.07, 6.45) is 13.3. The van der Waals surface area contributed by atoms with Crippen molar-refractivity contribution in [2.24, 2.45) is 0 Å². The summed E-state index contributed by atoms with van der Waals surface area (Å²) < 4.78 is 21.2. The second kappa shape index (κ2) is 25.0. The van der Waals surface area contributed by atoms with Crippen LogP contribution in [0.3, 0.4) is 0 Å². The Morgan fingerprint density at radius 3 is 1.43 bits per heavy atom. The fourth-order valence-electron chi connectivity index (χ4n) is 2.44.